The van der Waals surface area contributed by atoms with Gasteiger partial charge in [0.2, 0.25) is 0 Å². The fourth-order valence-corrected chi connectivity index (χ4v) is 3.46. The molecule has 0 aromatic heterocycles. The van der Waals surface area contributed by atoms with Crippen LogP contribution < -0.4 is 0 Å². The highest BCUT2D eigenvalue weighted by molar-refractivity contribution is 5.84. The van der Waals surface area contributed by atoms with Gasteiger partial charge < -0.3 is 15.3 Å². The first-order valence-corrected chi connectivity index (χ1v) is 9.96. The van der Waals surface area contributed by atoms with Crippen molar-refractivity contribution < 1.29 is 20.1 Å². The Labute approximate surface area is 158 Å². The first-order valence-electron chi connectivity index (χ1n) is 9.96. The maximum Gasteiger partial charge on any atom is 0.139 e. The van der Waals surface area contributed by atoms with Gasteiger partial charge in [0.05, 0.1) is 11.7 Å². The average molecular weight is 365 g/mol. The van der Waals surface area contributed by atoms with Crippen molar-refractivity contribution >= 4 is 5.78 Å². The monoisotopic (exact) mass is 364 g/mol. The minimum atomic E-state index is -0.915. The number of ketones is 1. The number of rotatable bonds is 13. The maximum absolute atomic E-state index is 12.2. The summed E-state index contributed by atoms with van der Waals surface area (Å²) in [6, 6.07) is 0. The third-order valence-corrected chi connectivity index (χ3v) is 5.24. The van der Waals surface area contributed by atoms with Crippen LogP contribution in [0.5, 0.6) is 0 Å². The van der Waals surface area contributed by atoms with Crippen molar-refractivity contribution in [2.45, 2.75) is 76.4 Å². The van der Waals surface area contributed by atoms with Gasteiger partial charge in [-0.25, -0.2) is 0 Å². The van der Waals surface area contributed by atoms with Crippen molar-refractivity contribution in [3.63, 3.8) is 0 Å². The van der Waals surface area contributed by atoms with E-state index >= 15 is 0 Å². The van der Waals surface area contributed by atoms with E-state index in [2.05, 4.69) is 19.6 Å². The SMILES string of the molecule is C=CC(O)(CC=C[C@H]1[C@H](O)CC(=O)[C@@H]1CC=CCCCCO)CCCC. The lowest BCUT2D eigenvalue weighted by atomic mass is 9.88. The summed E-state index contributed by atoms with van der Waals surface area (Å²) in [5.41, 5.74) is -0.915. The Morgan fingerprint density at radius 3 is 2.65 bits per heavy atom. The molecule has 1 aliphatic rings. The molecule has 0 bridgehead atoms. The second-order valence-electron chi connectivity index (χ2n) is 7.39. The molecule has 4 nitrogen and oxygen atoms in total. The van der Waals surface area contributed by atoms with Crippen LogP contribution in [-0.2, 0) is 4.79 Å². The Morgan fingerprint density at radius 1 is 1.23 bits per heavy atom. The summed E-state index contributed by atoms with van der Waals surface area (Å²) in [5, 5.41) is 29.5. The highest BCUT2D eigenvalue weighted by Gasteiger charge is 2.39. The number of carbonyl (C=O) groups is 1. The average Bonchev–Trinajstić information content (AvgIpc) is 2.89. The number of allylic oxidation sites excluding steroid dienone is 2. The van der Waals surface area contributed by atoms with Gasteiger partial charge in [-0.3, -0.25) is 4.79 Å². The summed E-state index contributed by atoms with van der Waals surface area (Å²) in [4.78, 5) is 12.2. The molecule has 4 heteroatoms. The van der Waals surface area contributed by atoms with Crippen molar-refractivity contribution in [2.24, 2.45) is 11.8 Å². The number of carbonyl (C=O) groups excluding carboxylic acids is 1. The van der Waals surface area contributed by atoms with Crippen LogP contribution in [0.25, 0.3) is 0 Å². The normalized spacial score (nSPS) is 26.0. The van der Waals surface area contributed by atoms with Gasteiger partial charge in [-0.15, -0.1) is 6.58 Å². The molecule has 0 aliphatic heterocycles. The number of Topliss-reactive ketones (excluding diaryl/α,β-unsaturated/α-hetero) is 1. The molecule has 1 saturated carbocycles. The first kappa shape index (κ1) is 22.8. The second kappa shape index (κ2) is 12.2. The predicted octanol–water partition coefficient (Wildman–Crippen LogP) is 3.72. The summed E-state index contributed by atoms with van der Waals surface area (Å²) in [5.74, 6) is -0.273. The minimum Gasteiger partial charge on any atom is -0.396 e. The number of unbranched alkanes of at least 4 members (excludes halogenated alkanes) is 3. The Balaban J connectivity index is 2.60. The van der Waals surface area contributed by atoms with Gasteiger partial charge in [0.1, 0.15) is 5.78 Å². The topological polar surface area (TPSA) is 77.8 Å². The summed E-state index contributed by atoms with van der Waals surface area (Å²) >= 11 is 0. The minimum absolute atomic E-state index is 0.108. The molecule has 0 radical (unpaired) electrons. The molecule has 0 heterocycles. The zero-order valence-corrected chi connectivity index (χ0v) is 16.1. The molecular formula is C22H36O4. The standard InChI is InChI=1S/C22H36O4/c1-3-5-14-22(26,4-2)15-11-13-19-18(20(24)17-21(19)25)12-9-7-6-8-10-16-23/h4,7,9,11,13,18-19,21,23,25-26H,2-3,5-6,8,10,12,14-17H2,1H3/t18-,19-,21-,22?/m1/s1. The van der Waals surface area contributed by atoms with Gasteiger partial charge in [-0.05, 0) is 38.5 Å². The van der Waals surface area contributed by atoms with E-state index in [9.17, 15) is 15.0 Å². The largest absolute Gasteiger partial charge is 0.396 e. The van der Waals surface area contributed by atoms with E-state index in [-0.39, 0.29) is 30.6 Å². The fourth-order valence-electron chi connectivity index (χ4n) is 3.46. The number of hydrogen-bond donors (Lipinski definition) is 3. The van der Waals surface area contributed by atoms with E-state index < -0.39 is 11.7 Å². The molecule has 0 spiro atoms. The molecule has 0 aromatic carbocycles. The molecule has 148 valence electrons. The van der Waals surface area contributed by atoms with Crippen molar-refractivity contribution in [3.05, 3.63) is 37.0 Å². The molecule has 0 saturated heterocycles. The zero-order valence-electron chi connectivity index (χ0n) is 16.1. The molecular weight excluding hydrogens is 328 g/mol. The van der Waals surface area contributed by atoms with E-state index in [1.807, 2.05) is 18.2 Å². The van der Waals surface area contributed by atoms with Gasteiger partial charge in [-0.2, -0.15) is 0 Å². The van der Waals surface area contributed by atoms with Crippen LogP contribution in [-0.4, -0.2) is 39.4 Å². The lowest BCUT2D eigenvalue weighted by Gasteiger charge is -2.23. The molecule has 0 aromatic rings. The summed E-state index contributed by atoms with van der Waals surface area (Å²) < 4.78 is 0. The fraction of sp³-hybridized carbons (Fsp3) is 0.682. The molecule has 3 N–H and O–H groups in total. The Kier molecular flexibility index (Phi) is 10.7. The number of aliphatic hydroxyl groups is 3. The molecule has 1 fully saturated rings. The molecule has 1 unspecified atom stereocenters. The Morgan fingerprint density at radius 2 is 2.00 bits per heavy atom. The first-order chi connectivity index (χ1) is 12.5. The van der Waals surface area contributed by atoms with Crippen LogP contribution in [0, 0.1) is 11.8 Å². The quantitative estimate of drug-likeness (QED) is 0.344. The van der Waals surface area contributed by atoms with Crippen LogP contribution in [0.4, 0.5) is 0 Å². The maximum atomic E-state index is 12.2. The Hall–Kier alpha value is -1.23. The summed E-state index contributed by atoms with van der Waals surface area (Å²) in [7, 11) is 0. The van der Waals surface area contributed by atoms with Crippen LogP contribution in [0.15, 0.2) is 37.0 Å². The zero-order chi connectivity index (χ0) is 19.4. The molecule has 4 atom stereocenters. The third kappa shape index (κ3) is 7.56. The van der Waals surface area contributed by atoms with Gasteiger partial charge >= 0.3 is 0 Å². The molecule has 1 rings (SSSR count). The summed E-state index contributed by atoms with van der Waals surface area (Å²) in [6.45, 7) is 6.03. The van der Waals surface area contributed by atoms with E-state index in [0.29, 0.717) is 19.3 Å². The van der Waals surface area contributed by atoms with Crippen molar-refractivity contribution in [1.82, 2.24) is 0 Å². The lowest BCUT2D eigenvalue weighted by molar-refractivity contribution is -0.121. The van der Waals surface area contributed by atoms with Crippen molar-refractivity contribution in [1.29, 1.82) is 0 Å². The van der Waals surface area contributed by atoms with E-state index in [0.717, 1.165) is 32.1 Å². The molecule has 0 amide bonds. The molecule has 1 aliphatic carbocycles. The van der Waals surface area contributed by atoms with Crippen molar-refractivity contribution in [2.75, 3.05) is 6.61 Å². The van der Waals surface area contributed by atoms with Crippen molar-refractivity contribution in [3.8, 4) is 0 Å². The lowest BCUT2D eigenvalue weighted by Crippen LogP contribution is -2.25. The third-order valence-electron chi connectivity index (χ3n) is 5.24. The number of aliphatic hydroxyl groups excluding tert-OH is 2. The Bertz CT molecular complexity index is 483. The van der Waals surface area contributed by atoms with E-state index in [1.165, 1.54) is 0 Å². The number of hydrogen-bond acceptors (Lipinski definition) is 4. The second-order valence-corrected chi connectivity index (χ2v) is 7.39. The van der Waals surface area contributed by atoms with Gasteiger partial charge in [0.25, 0.3) is 0 Å². The molecule has 26 heavy (non-hydrogen) atoms. The summed E-state index contributed by atoms with van der Waals surface area (Å²) in [6.07, 6.45) is 15.4. The predicted molar refractivity (Wildman–Crippen MR) is 106 cm³/mol. The van der Waals surface area contributed by atoms with Crippen LogP contribution in [0.2, 0.25) is 0 Å². The van der Waals surface area contributed by atoms with Crippen LogP contribution in [0.3, 0.4) is 0 Å². The van der Waals surface area contributed by atoms with E-state index in [1.54, 1.807) is 6.08 Å². The highest BCUT2D eigenvalue weighted by Crippen LogP contribution is 2.34. The highest BCUT2D eigenvalue weighted by atomic mass is 16.3. The van der Waals surface area contributed by atoms with Crippen LogP contribution in [0.1, 0.15) is 64.7 Å². The van der Waals surface area contributed by atoms with Gasteiger partial charge in [0.15, 0.2) is 0 Å². The van der Waals surface area contributed by atoms with E-state index in [4.69, 9.17) is 5.11 Å². The van der Waals surface area contributed by atoms with Crippen LogP contribution >= 0.6 is 0 Å². The van der Waals surface area contributed by atoms with Gasteiger partial charge in [-0.1, -0.05) is 50.1 Å². The van der Waals surface area contributed by atoms with Gasteiger partial charge in [0, 0.05) is 24.9 Å². The smallest absolute Gasteiger partial charge is 0.139 e.